The quantitative estimate of drug-likeness (QED) is 0.136. The molecule has 279 valence electrons. The van der Waals surface area contributed by atoms with Gasteiger partial charge in [0.15, 0.2) is 0 Å². The first-order valence-corrected chi connectivity index (χ1v) is 22.1. The standard InChI is InChI=1S/C32H56N8O6S2.Mn/c41-47(42,43)22-14-13-21-23(24(22)48(44,45)46)32-39-30-20-12-6-5-11-19(20)28(37-30)35-26-16-8-2-1-7-15(16)25(33-26)34-27-17-9-3-4-10-18(17)29(36-27)38-31(21)40-32;/h15-40H,1-14H2,(H,41,42,43)(H,44,45,46);. The monoisotopic (exact) mass is 767 g/mol. The van der Waals surface area contributed by atoms with Crippen molar-refractivity contribution in [1.29, 1.82) is 0 Å². The molecule has 4 saturated carbocycles. The molecule has 10 N–H and O–H groups in total. The Kier molecular flexibility index (Phi) is 10.1. The first-order chi connectivity index (χ1) is 23.0. The van der Waals surface area contributed by atoms with Crippen molar-refractivity contribution in [2.24, 2.45) is 47.3 Å². The van der Waals surface area contributed by atoms with Gasteiger partial charge >= 0.3 is 0 Å². The summed E-state index contributed by atoms with van der Waals surface area (Å²) in [5, 5.41) is 28.3. The van der Waals surface area contributed by atoms with E-state index in [1.807, 2.05) is 0 Å². The summed E-state index contributed by atoms with van der Waals surface area (Å²) in [4.78, 5) is 0. The maximum Gasteiger partial charge on any atom is 0.269 e. The van der Waals surface area contributed by atoms with Gasteiger partial charge in [0.05, 0.1) is 49.3 Å². The van der Waals surface area contributed by atoms with Crippen molar-refractivity contribution in [3.05, 3.63) is 0 Å². The van der Waals surface area contributed by atoms with Crippen LogP contribution in [0.15, 0.2) is 0 Å². The molecule has 0 aromatic rings. The second kappa shape index (κ2) is 13.7. The van der Waals surface area contributed by atoms with E-state index in [9.17, 15) is 25.9 Å². The average molecular weight is 768 g/mol. The SMILES string of the molecule is O=S(=O)(O)C1CCC2C3NC4NC(NC5NC(NC6NC(NC(N3)C2C1S(=O)(=O)O)C1CCCCC61)C1CCCCC51)C1CCCCC41.[Mn]. The minimum Gasteiger partial charge on any atom is -0.286 e. The van der Waals surface area contributed by atoms with Crippen molar-refractivity contribution >= 4 is 20.2 Å². The summed E-state index contributed by atoms with van der Waals surface area (Å²) in [6.07, 6.45) is 14.1. The van der Waals surface area contributed by atoms with Crippen molar-refractivity contribution in [3.8, 4) is 0 Å². The third-order valence-corrected chi connectivity index (χ3v) is 17.4. The van der Waals surface area contributed by atoms with Gasteiger partial charge in [0.1, 0.15) is 10.5 Å². The van der Waals surface area contributed by atoms with Gasteiger partial charge in [0.2, 0.25) is 0 Å². The van der Waals surface area contributed by atoms with Crippen LogP contribution < -0.4 is 42.5 Å². The second-order valence-electron chi connectivity index (χ2n) is 16.8. The summed E-state index contributed by atoms with van der Waals surface area (Å²) >= 11 is 0. The molecule has 49 heavy (non-hydrogen) atoms. The van der Waals surface area contributed by atoms with E-state index in [1.165, 1.54) is 44.9 Å². The Morgan fingerprint density at radius 1 is 0.367 bits per heavy atom. The van der Waals surface area contributed by atoms with Gasteiger partial charge in [0.25, 0.3) is 20.2 Å². The van der Waals surface area contributed by atoms with Gasteiger partial charge in [-0.15, -0.1) is 0 Å². The zero-order chi connectivity index (χ0) is 32.9. The minimum absolute atomic E-state index is 0. The summed E-state index contributed by atoms with van der Waals surface area (Å²) in [5.41, 5.74) is 0. The Morgan fingerprint density at radius 2 is 0.653 bits per heavy atom. The Morgan fingerprint density at radius 3 is 0.939 bits per heavy atom. The van der Waals surface area contributed by atoms with Gasteiger partial charge in [-0.25, -0.2) is 0 Å². The molecule has 8 bridgehead atoms. The molecule has 9 rings (SSSR count). The van der Waals surface area contributed by atoms with Gasteiger partial charge < -0.3 is 0 Å². The van der Waals surface area contributed by atoms with Crippen LogP contribution >= 0.6 is 0 Å². The first kappa shape index (κ1) is 36.0. The molecular formula is C32H56MnN8O6S2. The molecule has 0 spiro atoms. The van der Waals surface area contributed by atoms with Crippen molar-refractivity contribution in [2.45, 2.75) is 150 Å². The van der Waals surface area contributed by atoms with Gasteiger partial charge in [-0.2, -0.15) is 16.8 Å². The normalized spacial score (nSPS) is 52.7. The van der Waals surface area contributed by atoms with Crippen molar-refractivity contribution in [2.75, 3.05) is 0 Å². The van der Waals surface area contributed by atoms with Crippen LogP contribution in [0.3, 0.4) is 0 Å². The second-order valence-corrected chi connectivity index (χ2v) is 20.1. The van der Waals surface area contributed by atoms with E-state index in [0.29, 0.717) is 41.9 Å². The average Bonchev–Trinajstić information content (AvgIpc) is 3.79. The smallest absolute Gasteiger partial charge is 0.269 e. The van der Waals surface area contributed by atoms with Gasteiger partial charge in [-0.05, 0) is 92.8 Å². The fraction of sp³-hybridized carbons (Fsp3) is 1.00. The largest absolute Gasteiger partial charge is 0.286 e. The van der Waals surface area contributed by atoms with Crippen LogP contribution in [-0.2, 0) is 37.3 Å². The van der Waals surface area contributed by atoms with E-state index in [2.05, 4.69) is 42.5 Å². The Balaban J connectivity index is 0.00000348. The number of nitrogens with one attached hydrogen (secondary N) is 8. The molecule has 18 atom stereocenters. The van der Waals surface area contributed by atoms with E-state index >= 15 is 0 Å². The van der Waals surface area contributed by atoms with E-state index < -0.39 is 42.8 Å². The molecule has 1 radical (unpaired) electrons. The Bertz CT molecular complexity index is 1450. The third-order valence-electron chi connectivity index (χ3n) is 14.6. The molecule has 0 aromatic carbocycles. The number of rotatable bonds is 2. The summed E-state index contributed by atoms with van der Waals surface area (Å²) in [6, 6.07) is 0. The van der Waals surface area contributed by atoms with Gasteiger partial charge in [0, 0.05) is 23.0 Å². The van der Waals surface area contributed by atoms with E-state index in [1.54, 1.807) is 0 Å². The molecule has 4 aliphatic carbocycles. The van der Waals surface area contributed by atoms with Gasteiger partial charge in [-0.1, -0.05) is 38.5 Å². The molecule has 5 heterocycles. The van der Waals surface area contributed by atoms with E-state index in [4.69, 9.17) is 0 Å². The fourth-order valence-corrected chi connectivity index (χ4v) is 15.7. The molecule has 9 fully saturated rings. The maximum absolute atomic E-state index is 13.1. The molecule has 17 heteroatoms. The van der Waals surface area contributed by atoms with Crippen LogP contribution in [0.1, 0.15) is 89.9 Å². The number of fused-ring (bicyclic) bond motifs is 20. The molecular weight excluding hydrogens is 711 g/mol. The molecule has 5 saturated heterocycles. The number of hydrogen-bond acceptors (Lipinski definition) is 12. The molecule has 14 nitrogen and oxygen atoms in total. The topological polar surface area (TPSA) is 205 Å². The summed E-state index contributed by atoms with van der Waals surface area (Å²) in [7, 11) is -9.55. The summed E-state index contributed by atoms with van der Waals surface area (Å²) in [5.74, 6) is 1.70. The summed E-state index contributed by atoms with van der Waals surface area (Å²) in [6.45, 7) is 0. The Labute approximate surface area is 301 Å². The zero-order valence-electron chi connectivity index (χ0n) is 28.0. The van der Waals surface area contributed by atoms with Crippen LogP contribution in [0.25, 0.3) is 0 Å². The predicted octanol–water partition coefficient (Wildman–Crippen LogP) is 0.336. The molecule has 18 unspecified atom stereocenters. The van der Waals surface area contributed by atoms with Crippen molar-refractivity contribution in [1.82, 2.24) is 42.5 Å². The van der Waals surface area contributed by atoms with E-state index in [-0.39, 0.29) is 72.6 Å². The van der Waals surface area contributed by atoms with Crippen LogP contribution in [-0.4, -0.2) is 85.8 Å². The van der Waals surface area contributed by atoms with Gasteiger partial charge in [-0.3, -0.25) is 51.6 Å². The molecule has 0 aromatic heterocycles. The Hall–Kier alpha value is 0.0195. The molecule has 9 aliphatic rings. The van der Waals surface area contributed by atoms with Crippen LogP contribution in [0.4, 0.5) is 0 Å². The third kappa shape index (κ3) is 6.40. The van der Waals surface area contributed by atoms with Crippen molar-refractivity contribution < 1.29 is 43.0 Å². The zero-order valence-corrected chi connectivity index (χ0v) is 30.8. The van der Waals surface area contributed by atoms with Crippen LogP contribution in [0.2, 0.25) is 0 Å². The van der Waals surface area contributed by atoms with Crippen molar-refractivity contribution in [3.63, 3.8) is 0 Å². The fourth-order valence-electron chi connectivity index (χ4n) is 12.7. The van der Waals surface area contributed by atoms with E-state index in [0.717, 1.165) is 32.1 Å². The first-order valence-electron chi connectivity index (χ1n) is 19.1. The summed E-state index contributed by atoms with van der Waals surface area (Å²) < 4.78 is 72.3. The maximum atomic E-state index is 13.1. The molecule has 0 amide bonds. The van der Waals surface area contributed by atoms with Crippen LogP contribution in [0, 0.1) is 47.3 Å². The predicted molar refractivity (Wildman–Crippen MR) is 179 cm³/mol. The van der Waals surface area contributed by atoms with Crippen LogP contribution in [0.5, 0.6) is 0 Å². The molecule has 5 aliphatic heterocycles. The number of hydrogen-bond donors (Lipinski definition) is 10. The minimum atomic E-state index is -4.83.